The molecular formula is C44H29N3. The van der Waals surface area contributed by atoms with Gasteiger partial charge < -0.3 is 0 Å². The monoisotopic (exact) mass is 599 g/mol. The van der Waals surface area contributed by atoms with Gasteiger partial charge in [0.2, 0.25) is 0 Å². The van der Waals surface area contributed by atoms with Crippen LogP contribution in [0.25, 0.3) is 56.1 Å². The Balaban J connectivity index is 1.45. The van der Waals surface area contributed by atoms with Crippen molar-refractivity contribution in [1.82, 2.24) is 15.0 Å². The molecule has 1 aromatic heterocycles. The highest BCUT2D eigenvalue weighted by Crippen LogP contribution is 2.60. The number of hydrogen-bond acceptors (Lipinski definition) is 3. The third-order valence-corrected chi connectivity index (χ3v) is 9.38. The first-order valence-electron chi connectivity index (χ1n) is 16.0. The summed E-state index contributed by atoms with van der Waals surface area (Å²) in [6.45, 7) is 0. The lowest BCUT2D eigenvalue weighted by Crippen LogP contribution is -2.28. The van der Waals surface area contributed by atoms with Gasteiger partial charge in [0.1, 0.15) is 0 Å². The van der Waals surface area contributed by atoms with Crippen molar-refractivity contribution in [3.63, 3.8) is 0 Å². The molecule has 0 saturated carbocycles. The van der Waals surface area contributed by atoms with Crippen LogP contribution < -0.4 is 0 Å². The number of nitrogens with zero attached hydrogens (tertiary/aromatic N) is 3. The van der Waals surface area contributed by atoms with Crippen molar-refractivity contribution in [2.24, 2.45) is 0 Å². The van der Waals surface area contributed by atoms with Gasteiger partial charge in [0.25, 0.3) is 0 Å². The summed E-state index contributed by atoms with van der Waals surface area (Å²) >= 11 is 0. The molecule has 0 saturated heterocycles. The average Bonchev–Trinajstić information content (AvgIpc) is 3.48. The Morgan fingerprint density at radius 1 is 0.383 bits per heavy atom. The Kier molecular flexibility index (Phi) is 6.36. The second-order valence-corrected chi connectivity index (χ2v) is 12.0. The van der Waals surface area contributed by atoms with Crippen LogP contribution in [0, 0.1) is 0 Å². The average molecular weight is 600 g/mol. The standard InChI is InChI=1S/C44H29N3/c1-5-17-30(18-6-1)41-45-42(31-19-7-2-8-20-31)47-43(46-41)37-29-32-21-13-14-26-35(32)40-39(37)36-27-15-16-28-38(36)44(40,33-22-9-3-10-23-33)34-24-11-4-12-25-34/h1-29H. The number of hydrogen-bond donors (Lipinski definition) is 0. The van der Waals surface area contributed by atoms with Crippen LogP contribution in [-0.4, -0.2) is 15.0 Å². The maximum absolute atomic E-state index is 5.23. The van der Waals surface area contributed by atoms with Crippen LogP contribution >= 0.6 is 0 Å². The van der Waals surface area contributed by atoms with Crippen molar-refractivity contribution in [2.75, 3.05) is 0 Å². The molecule has 0 aliphatic heterocycles. The van der Waals surface area contributed by atoms with E-state index in [0.29, 0.717) is 17.5 Å². The topological polar surface area (TPSA) is 38.7 Å². The summed E-state index contributed by atoms with van der Waals surface area (Å²) in [5, 5.41) is 2.36. The zero-order chi connectivity index (χ0) is 31.2. The predicted molar refractivity (Wildman–Crippen MR) is 191 cm³/mol. The SMILES string of the molecule is c1ccc(-c2nc(-c3ccccc3)nc(-c3cc4ccccc4c4c3-c3ccccc3C4(c3ccccc3)c3ccccc3)n2)cc1. The molecule has 0 amide bonds. The van der Waals surface area contributed by atoms with E-state index in [9.17, 15) is 0 Å². The van der Waals surface area contributed by atoms with E-state index in [2.05, 4.69) is 140 Å². The summed E-state index contributed by atoms with van der Waals surface area (Å²) in [6.07, 6.45) is 0. The van der Waals surface area contributed by atoms with Gasteiger partial charge in [-0.05, 0) is 50.2 Å². The molecule has 0 fully saturated rings. The Bertz CT molecular complexity index is 2290. The lowest BCUT2D eigenvalue weighted by Gasteiger charge is -2.34. The number of benzene rings is 7. The smallest absolute Gasteiger partial charge is 0.164 e. The van der Waals surface area contributed by atoms with E-state index in [0.717, 1.165) is 27.6 Å². The van der Waals surface area contributed by atoms with E-state index in [1.165, 1.54) is 33.2 Å². The summed E-state index contributed by atoms with van der Waals surface area (Å²) in [6, 6.07) is 62.1. The van der Waals surface area contributed by atoms with E-state index in [-0.39, 0.29) is 0 Å². The first kappa shape index (κ1) is 27.1. The van der Waals surface area contributed by atoms with Crippen molar-refractivity contribution >= 4 is 10.8 Å². The highest BCUT2D eigenvalue weighted by Gasteiger charge is 2.48. The molecule has 1 aliphatic carbocycles. The van der Waals surface area contributed by atoms with Crippen LogP contribution in [0.4, 0.5) is 0 Å². The Labute approximate surface area is 273 Å². The quantitative estimate of drug-likeness (QED) is 0.198. The predicted octanol–water partition coefficient (Wildman–Crippen LogP) is 10.4. The van der Waals surface area contributed by atoms with Crippen molar-refractivity contribution in [1.29, 1.82) is 0 Å². The van der Waals surface area contributed by atoms with Gasteiger partial charge in [-0.15, -0.1) is 0 Å². The Morgan fingerprint density at radius 3 is 1.45 bits per heavy atom. The Hall–Kier alpha value is -6.19. The van der Waals surface area contributed by atoms with Crippen molar-refractivity contribution in [2.45, 2.75) is 5.41 Å². The zero-order valence-corrected chi connectivity index (χ0v) is 25.6. The molecule has 0 atom stereocenters. The first-order chi connectivity index (χ1) is 23.3. The van der Waals surface area contributed by atoms with Crippen molar-refractivity contribution in [3.05, 3.63) is 198 Å². The van der Waals surface area contributed by atoms with Gasteiger partial charge in [0.15, 0.2) is 17.5 Å². The lowest BCUT2D eigenvalue weighted by atomic mass is 9.66. The number of fused-ring (bicyclic) bond motifs is 5. The summed E-state index contributed by atoms with van der Waals surface area (Å²) < 4.78 is 0. The van der Waals surface area contributed by atoms with Gasteiger partial charge in [0, 0.05) is 16.7 Å². The van der Waals surface area contributed by atoms with E-state index >= 15 is 0 Å². The zero-order valence-electron chi connectivity index (χ0n) is 25.6. The van der Waals surface area contributed by atoms with E-state index in [1.807, 2.05) is 36.4 Å². The number of aromatic nitrogens is 3. The highest BCUT2D eigenvalue weighted by atomic mass is 15.0. The summed E-state index contributed by atoms with van der Waals surface area (Å²) in [5.74, 6) is 1.96. The largest absolute Gasteiger partial charge is 0.208 e. The van der Waals surface area contributed by atoms with Gasteiger partial charge in [-0.2, -0.15) is 0 Å². The molecule has 8 aromatic rings. The van der Waals surface area contributed by atoms with Gasteiger partial charge in [-0.1, -0.05) is 170 Å². The summed E-state index contributed by atoms with van der Waals surface area (Å²) in [5.41, 5.74) is 9.67. The molecule has 0 spiro atoms. The van der Waals surface area contributed by atoms with Crippen LogP contribution in [0.15, 0.2) is 176 Å². The molecule has 1 aliphatic rings. The molecule has 47 heavy (non-hydrogen) atoms. The fourth-order valence-corrected chi connectivity index (χ4v) is 7.43. The van der Waals surface area contributed by atoms with E-state index in [4.69, 9.17) is 15.0 Å². The molecule has 1 heterocycles. The fraction of sp³-hybridized carbons (Fsp3) is 0.0227. The summed E-state index contributed by atoms with van der Waals surface area (Å²) in [7, 11) is 0. The second kappa shape index (κ2) is 11.0. The first-order valence-corrected chi connectivity index (χ1v) is 16.0. The van der Waals surface area contributed by atoms with E-state index in [1.54, 1.807) is 0 Å². The van der Waals surface area contributed by atoms with Crippen molar-refractivity contribution in [3.8, 4) is 45.3 Å². The van der Waals surface area contributed by atoms with Crippen LogP contribution in [0.1, 0.15) is 22.3 Å². The molecule has 7 aromatic carbocycles. The second-order valence-electron chi connectivity index (χ2n) is 12.0. The molecule has 3 heteroatoms. The maximum Gasteiger partial charge on any atom is 0.164 e. The molecule has 220 valence electrons. The molecule has 0 radical (unpaired) electrons. The van der Waals surface area contributed by atoms with Crippen LogP contribution in [0.3, 0.4) is 0 Å². The molecular weight excluding hydrogens is 571 g/mol. The third-order valence-electron chi connectivity index (χ3n) is 9.38. The minimum Gasteiger partial charge on any atom is -0.208 e. The van der Waals surface area contributed by atoms with Gasteiger partial charge >= 0.3 is 0 Å². The van der Waals surface area contributed by atoms with Crippen LogP contribution in [0.5, 0.6) is 0 Å². The normalized spacial score (nSPS) is 12.9. The highest BCUT2D eigenvalue weighted by molar-refractivity contribution is 6.06. The molecule has 9 rings (SSSR count). The third kappa shape index (κ3) is 4.24. The van der Waals surface area contributed by atoms with Crippen molar-refractivity contribution < 1.29 is 0 Å². The van der Waals surface area contributed by atoms with Crippen LogP contribution in [-0.2, 0) is 5.41 Å². The molecule has 3 nitrogen and oxygen atoms in total. The molecule has 0 bridgehead atoms. The lowest BCUT2D eigenvalue weighted by molar-refractivity contribution is 0.775. The minimum absolute atomic E-state index is 0.554. The minimum atomic E-state index is -0.554. The van der Waals surface area contributed by atoms with E-state index < -0.39 is 5.41 Å². The fourth-order valence-electron chi connectivity index (χ4n) is 7.43. The number of rotatable bonds is 5. The van der Waals surface area contributed by atoms with Crippen LogP contribution in [0.2, 0.25) is 0 Å². The van der Waals surface area contributed by atoms with Gasteiger partial charge in [-0.3, -0.25) is 0 Å². The molecule has 0 N–H and O–H groups in total. The summed E-state index contributed by atoms with van der Waals surface area (Å²) in [4.78, 5) is 15.5. The maximum atomic E-state index is 5.23. The van der Waals surface area contributed by atoms with Gasteiger partial charge in [0.05, 0.1) is 5.41 Å². The van der Waals surface area contributed by atoms with Gasteiger partial charge in [-0.25, -0.2) is 15.0 Å². The molecule has 0 unspecified atom stereocenters. The Morgan fingerprint density at radius 2 is 0.851 bits per heavy atom.